The van der Waals surface area contributed by atoms with Gasteiger partial charge in [-0.2, -0.15) is 0 Å². The molecule has 2 amide bonds. The van der Waals surface area contributed by atoms with Crippen LogP contribution in [0, 0.1) is 5.82 Å². The van der Waals surface area contributed by atoms with E-state index >= 15 is 0 Å². The van der Waals surface area contributed by atoms with Gasteiger partial charge in [-0.15, -0.1) is 0 Å². The van der Waals surface area contributed by atoms with Crippen LogP contribution in [0.25, 0.3) is 6.08 Å². The Morgan fingerprint density at radius 3 is 2.52 bits per heavy atom. The molecule has 4 rings (SSSR count). The maximum atomic E-state index is 13.5. The van der Waals surface area contributed by atoms with Crippen LogP contribution in [-0.4, -0.2) is 18.9 Å². The number of hydrazine groups is 1. The highest BCUT2D eigenvalue weighted by atomic mass is 19.1. The van der Waals surface area contributed by atoms with Crippen LogP contribution in [0.4, 0.5) is 10.1 Å². The van der Waals surface area contributed by atoms with Crippen LogP contribution in [0.1, 0.15) is 11.1 Å². The largest absolute Gasteiger partial charge is 0.493 e. The van der Waals surface area contributed by atoms with Crippen molar-refractivity contribution in [1.29, 1.82) is 0 Å². The molecule has 31 heavy (non-hydrogen) atoms. The second-order valence-corrected chi connectivity index (χ2v) is 6.80. The highest BCUT2D eigenvalue weighted by Crippen LogP contribution is 2.30. The van der Waals surface area contributed by atoms with Crippen molar-refractivity contribution < 1.29 is 23.5 Å². The summed E-state index contributed by atoms with van der Waals surface area (Å²) in [5, 5.41) is 1.02. The van der Waals surface area contributed by atoms with Gasteiger partial charge in [0.05, 0.1) is 12.8 Å². The second kappa shape index (κ2) is 8.71. The Morgan fingerprint density at radius 2 is 1.77 bits per heavy atom. The third-order valence-corrected chi connectivity index (χ3v) is 4.69. The topological polar surface area (TPSA) is 67.9 Å². The van der Waals surface area contributed by atoms with E-state index in [9.17, 15) is 14.0 Å². The molecular weight excluding hydrogens is 399 g/mol. The number of rotatable bonds is 6. The van der Waals surface area contributed by atoms with E-state index in [1.54, 1.807) is 18.2 Å². The predicted octanol–water partition coefficient (Wildman–Crippen LogP) is 3.87. The van der Waals surface area contributed by atoms with Gasteiger partial charge >= 0.3 is 0 Å². The molecule has 0 radical (unpaired) electrons. The van der Waals surface area contributed by atoms with Crippen LogP contribution in [0.3, 0.4) is 0 Å². The van der Waals surface area contributed by atoms with Crippen molar-refractivity contribution in [3.8, 4) is 11.5 Å². The molecule has 1 aliphatic rings. The molecule has 0 bridgehead atoms. The fourth-order valence-electron chi connectivity index (χ4n) is 3.15. The average Bonchev–Trinajstić information content (AvgIpc) is 3.07. The number of halogens is 1. The van der Waals surface area contributed by atoms with E-state index in [0.717, 1.165) is 10.6 Å². The zero-order valence-corrected chi connectivity index (χ0v) is 16.7. The lowest BCUT2D eigenvalue weighted by atomic mass is 10.1. The Balaban J connectivity index is 1.55. The van der Waals surface area contributed by atoms with Crippen molar-refractivity contribution in [3.05, 3.63) is 95.3 Å². The number of hydrogen-bond acceptors (Lipinski definition) is 4. The van der Waals surface area contributed by atoms with Crippen LogP contribution in [0.2, 0.25) is 0 Å². The van der Waals surface area contributed by atoms with Crippen molar-refractivity contribution >= 4 is 23.6 Å². The van der Waals surface area contributed by atoms with Gasteiger partial charge in [0.15, 0.2) is 11.5 Å². The predicted molar refractivity (Wildman–Crippen MR) is 114 cm³/mol. The standard InChI is InChI=1S/C24H19FN2O4/c1-30-22-13-17(10-11-21(22)31-15-16-6-3-2-4-7-16)12-20-23(28)26-27(24(20)29)19-9-5-8-18(25)14-19/h2-14H,15H2,1H3,(H,26,28)/b20-12-. The lowest BCUT2D eigenvalue weighted by Crippen LogP contribution is -2.35. The summed E-state index contributed by atoms with van der Waals surface area (Å²) in [7, 11) is 1.51. The van der Waals surface area contributed by atoms with Gasteiger partial charge in [-0.05, 0) is 47.5 Å². The number of hydrogen-bond donors (Lipinski definition) is 1. The molecule has 0 unspecified atom stereocenters. The van der Waals surface area contributed by atoms with Crippen molar-refractivity contribution in [1.82, 2.24) is 5.43 Å². The average molecular weight is 418 g/mol. The Bertz CT molecular complexity index is 1160. The minimum absolute atomic E-state index is 0.0655. The number of carbonyl (C=O) groups is 2. The minimum atomic E-state index is -0.572. The summed E-state index contributed by atoms with van der Waals surface area (Å²) < 4.78 is 24.7. The molecule has 0 atom stereocenters. The van der Waals surface area contributed by atoms with Gasteiger partial charge in [0.25, 0.3) is 11.8 Å². The molecule has 1 saturated heterocycles. The molecule has 1 aliphatic heterocycles. The second-order valence-electron chi connectivity index (χ2n) is 6.80. The molecule has 1 N–H and O–H groups in total. The van der Waals surface area contributed by atoms with Gasteiger partial charge < -0.3 is 9.47 Å². The van der Waals surface area contributed by atoms with E-state index < -0.39 is 17.6 Å². The molecule has 156 valence electrons. The number of nitrogens with zero attached hydrogens (tertiary/aromatic N) is 1. The van der Waals surface area contributed by atoms with Gasteiger partial charge in [0.1, 0.15) is 18.0 Å². The molecule has 3 aromatic rings. The lowest BCUT2D eigenvalue weighted by molar-refractivity contribution is -0.117. The Hall–Kier alpha value is -4.13. The maximum absolute atomic E-state index is 13.5. The van der Waals surface area contributed by atoms with Crippen LogP contribution in [0.15, 0.2) is 78.4 Å². The first kappa shape index (κ1) is 20.2. The van der Waals surface area contributed by atoms with E-state index in [0.29, 0.717) is 23.7 Å². The van der Waals surface area contributed by atoms with Crippen molar-refractivity contribution in [3.63, 3.8) is 0 Å². The van der Waals surface area contributed by atoms with Crippen LogP contribution in [-0.2, 0) is 16.2 Å². The summed E-state index contributed by atoms with van der Waals surface area (Å²) in [5.41, 5.74) is 4.23. The van der Waals surface area contributed by atoms with E-state index in [4.69, 9.17) is 9.47 Å². The summed E-state index contributed by atoms with van der Waals surface area (Å²) in [6.07, 6.45) is 1.46. The fraction of sp³-hybridized carbons (Fsp3) is 0.0833. The zero-order valence-electron chi connectivity index (χ0n) is 16.7. The number of benzene rings is 3. The molecule has 0 saturated carbocycles. The number of methoxy groups -OCH3 is 1. The highest BCUT2D eigenvalue weighted by Gasteiger charge is 2.34. The quantitative estimate of drug-likeness (QED) is 0.487. The summed E-state index contributed by atoms with van der Waals surface area (Å²) in [5.74, 6) is -0.639. The van der Waals surface area contributed by atoms with Crippen molar-refractivity contribution in [2.24, 2.45) is 0 Å². The summed E-state index contributed by atoms with van der Waals surface area (Å²) in [4.78, 5) is 25.1. The number of ether oxygens (including phenoxy) is 2. The Kier molecular flexibility index (Phi) is 5.66. The summed E-state index contributed by atoms with van der Waals surface area (Å²) in [6, 6.07) is 20.3. The van der Waals surface area contributed by atoms with Gasteiger partial charge in [0.2, 0.25) is 0 Å². The first-order valence-electron chi connectivity index (χ1n) is 9.52. The zero-order chi connectivity index (χ0) is 21.8. The van der Waals surface area contributed by atoms with Gasteiger partial charge in [-0.1, -0.05) is 42.5 Å². The van der Waals surface area contributed by atoms with Crippen LogP contribution >= 0.6 is 0 Å². The van der Waals surface area contributed by atoms with E-state index in [-0.39, 0.29) is 11.3 Å². The SMILES string of the molecule is COc1cc(/C=C2/C(=O)NN(c3cccc(F)c3)C2=O)ccc1OCc1ccccc1. The van der Waals surface area contributed by atoms with E-state index in [2.05, 4.69) is 5.43 Å². The van der Waals surface area contributed by atoms with Crippen molar-refractivity contribution in [2.75, 3.05) is 12.1 Å². The Labute approximate surface area is 178 Å². The highest BCUT2D eigenvalue weighted by molar-refractivity contribution is 6.31. The molecular formula is C24H19FN2O4. The van der Waals surface area contributed by atoms with Gasteiger partial charge in [-0.3, -0.25) is 15.0 Å². The Morgan fingerprint density at radius 1 is 0.968 bits per heavy atom. The summed E-state index contributed by atoms with van der Waals surface area (Å²) >= 11 is 0. The molecule has 0 aliphatic carbocycles. The molecule has 1 heterocycles. The third kappa shape index (κ3) is 4.40. The van der Waals surface area contributed by atoms with E-state index in [1.807, 2.05) is 30.3 Å². The molecule has 3 aromatic carbocycles. The first-order valence-corrected chi connectivity index (χ1v) is 9.52. The number of nitrogens with one attached hydrogen (secondary N) is 1. The summed E-state index contributed by atoms with van der Waals surface area (Å²) in [6.45, 7) is 0.376. The minimum Gasteiger partial charge on any atom is -0.493 e. The lowest BCUT2D eigenvalue weighted by Gasteiger charge is -2.14. The van der Waals surface area contributed by atoms with Crippen LogP contribution < -0.4 is 19.9 Å². The van der Waals surface area contributed by atoms with Crippen molar-refractivity contribution in [2.45, 2.75) is 6.61 Å². The molecule has 0 spiro atoms. The van der Waals surface area contributed by atoms with Gasteiger partial charge in [-0.25, -0.2) is 9.40 Å². The first-order chi connectivity index (χ1) is 15.0. The number of amides is 2. The fourth-order valence-corrected chi connectivity index (χ4v) is 3.15. The smallest absolute Gasteiger partial charge is 0.282 e. The van der Waals surface area contributed by atoms with Gasteiger partial charge in [0, 0.05) is 0 Å². The third-order valence-electron chi connectivity index (χ3n) is 4.69. The maximum Gasteiger partial charge on any atom is 0.282 e. The van der Waals surface area contributed by atoms with Crippen LogP contribution in [0.5, 0.6) is 11.5 Å². The molecule has 1 fully saturated rings. The monoisotopic (exact) mass is 418 g/mol. The normalized spacial score (nSPS) is 14.6. The molecule has 0 aromatic heterocycles. The number of carbonyl (C=O) groups excluding carboxylic acids is 2. The van der Waals surface area contributed by atoms with E-state index in [1.165, 1.54) is 37.5 Å². The molecule has 7 heteroatoms. The number of anilines is 1. The molecule has 6 nitrogen and oxygen atoms in total.